The van der Waals surface area contributed by atoms with Crippen LogP contribution in [0.4, 0.5) is 23.7 Å². The quantitative estimate of drug-likeness (QED) is 0.460. The van der Waals surface area contributed by atoms with Crippen molar-refractivity contribution in [3.8, 4) is 17.7 Å². The van der Waals surface area contributed by atoms with Gasteiger partial charge in [-0.1, -0.05) is 11.8 Å². The van der Waals surface area contributed by atoms with E-state index in [1.807, 2.05) is 18.2 Å². The van der Waals surface area contributed by atoms with Gasteiger partial charge in [0.2, 0.25) is 5.88 Å². The molecule has 0 bridgehead atoms. The van der Waals surface area contributed by atoms with E-state index in [0.717, 1.165) is 11.3 Å². The molecule has 1 spiro atoms. The minimum absolute atomic E-state index is 0.0331. The molecule has 0 saturated carbocycles. The third-order valence-corrected chi connectivity index (χ3v) is 7.49. The minimum Gasteiger partial charge on any atom is -0.480 e. The number of halogens is 3. The summed E-state index contributed by atoms with van der Waals surface area (Å²) in [7, 11) is 0. The second-order valence-electron chi connectivity index (χ2n) is 12.1. The largest absolute Gasteiger partial charge is 0.490 e. The van der Waals surface area contributed by atoms with Crippen LogP contribution >= 0.6 is 0 Å². The Morgan fingerprint density at radius 1 is 1.11 bits per heavy atom. The third-order valence-electron chi connectivity index (χ3n) is 7.49. The summed E-state index contributed by atoms with van der Waals surface area (Å²) in [4.78, 5) is 45.8. The maximum Gasteiger partial charge on any atom is 0.490 e. The van der Waals surface area contributed by atoms with Gasteiger partial charge in [-0.15, -0.1) is 0 Å². The summed E-state index contributed by atoms with van der Waals surface area (Å²) < 4.78 is 55.1. The van der Waals surface area contributed by atoms with Gasteiger partial charge in [-0.3, -0.25) is 9.88 Å². The van der Waals surface area contributed by atoms with Crippen LogP contribution in [0.3, 0.4) is 0 Å². The topological polar surface area (TPSA) is 161 Å². The molecule has 3 atom stereocenters. The van der Waals surface area contributed by atoms with E-state index >= 15 is 0 Å². The Morgan fingerprint density at radius 2 is 1.79 bits per heavy atom. The first-order chi connectivity index (χ1) is 22.0. The van der Waals surface area contributed by atoms with Crippen LogP contribution in [-0.2, 0) is 23.8 Å². The van der Waals surface area contributed by atoms with E-state index in [-0.39, 0.29) is 19.0 Å². The average molecular weight is 665 g/mol. The average Bonchev–Trinajstić information content (AvgIpc) is 3.40. The fourth-order valence-electron chi connectivity index (χ4n) is 5.09. The zero-order chi connectivity index (χ0) is 34.6. The van der Waals surface area contributed by atoms with E-state index in [4.69, 9.17) is 28.8 Å². The number of rotatable bonds is 4. The molecular weight excluding hydrogens is 629 g/mol. The van der Waals surface area contributed by atoms with Gasteiger partial charge in [-0.05, 0) is 45.9 Å². The van der Waals surface area contributed by atoms with Crippen molar-refractivity contribution in [3.05, 3.63) is 47.9 Å². The lowest BCUT2D eigenvalue weighted by atomic mass is 9.90. The first-order valence-corrected chi connectivity index (χ1v) is 14.6. The summed E-state index contributed by atoms with van der Waals surface area (Å²) in [5.41, 5.74) is 1.02. The van der Waals surface area contributed by atoms with Gasteiger partial charge < -0.3 is 34.1 Å². The van der Waals surface area contributed by atoms with Gasteiger partial charge in [0.05, 0.1) is 32.4 Å². The van der Waals surface area contributed by atoms with E-state index in [1.54, 1.807) is 39.4 Å². The number of anilines is 1. The number of aromatic nitrogens is 2. The molecule has 16 heteroatoms. The first kappa shape index (κ1) is 35.2. The molecule has 2 aromatic heterocycles. The smallest absolute Gasteiger partial charge is 0.480 e. The Bertz CT molecular complexity index is 1520. The van der Waals surface area contributed by atoms with Crippen LogP contribution in [0.15, 0.2) is 36.8 Å². The number of carboxylic acid groups (broad SMARTS) is 2. The highest BCUT2D eigenvalue weighted by molar-refractivity contribution is 5.81. The molecule has 3 aliphatic heterocycles. The summed E-state index contributed by atoms with van der Waals surface area (Å²) in [5, 5.41) is 16.9. The summed E-state index contributed by atoms with van der Waals surface area (Å²) in [6.45, 7) is 9.48. The van der Waals surface area contributed by atoms with Gasteiger partial charge in [-0.25, -0.2) is 19.4 Å². The Balaban J connectivity index is 0.000000644. The standard InChI is InChI=1S/C29H34N4O7.C2HF3O2/c1-19-29(17-37-18-29)38-11-10-32(19)23-12-21(8-7-20-6-5-9-30-14-20)15-31-25(23)39-22-13-24(26(34)35)33(16-22)27(36)40-28(2,3)4;3-2(4,5)1(6)7/h5-6,9,12,14-15,19,22,24H,10-11,13,16-18H2,1-4H3,(H,34,35);(H,6,7)/t19-,22-,24-;/m0./s1. The summed E-state index contributed by atoms with van der Waals surface area (Å²) in [6, 6.07) is 4.54. The molecule has 0 unspecified atom stereocenters. The maximum absolute atomic E-state index is 12.8. The van der Waals surface area contributed by atoms with Crippen molar-refractivity contribution in [2.24, 2.45) is 0 Å². The number of amides is 1. The number of morpholine rings is 1. The minimum atomic E-state index is -5.08. The number of carbonyl (C=O) groups is 3. The second kappa shape index (κ2) is 14.0. The number of carbonyl (C=O) groups excluding carboxylic acids is 1. The normalized spacial score (nSPS) is 21.8. The highest BCUT2D eigenvalue weighted by Gasteiger charge is 2.50. The zero-order valence-corrected chi connectivity index (χ0v) is 26.1. The maximum atomic E-state index is 12.8. The molecule has 0 aliphatic carbocycles. The van der Waals surface area contributed by atoms with E-state index < -0.39 is 47.6 Å². The van der Waals surface area contributed by atoms with Crippen LogP contribution in [0.25, 0.3) is 0 Å². The molecular formula is C31H35F3N4O9. The number of ether oxygens (including phenoxy) is 4. The van der Waals surface area contributed by atoms with Crippen LogP contribution in [-0.4, -0.2) is 112 Å². The highest BCUT2D eigenvalue weighted by atomic mass is 19.4. The van der Waals surface area contributed by atoms with Crippen molar-refractivity contribution in [1.29, 1.82) is 0 Å². The second-order valence-corrected chi connectivity index (χ2v) is 12.1. The summed E-state index contributed by atoms with van der Waals surface area (Å²) >= 11 is 0. The van der Waals surface area contributed by atoms with Gasteiger partial charge >= 0.3 is 24.2 Å². The van der Waals surface area contributed by atoms with Crippen LogP contribution in [0.1, 0.15) is 45.2 Å². The fourth-order valence-corrected chi connectivity index (χ4v) is 5.09. The van der Waals surface area contributed by atoms with E-state index in [2.05, 4.69) is 33.6 Å². The van der Waals surface area contributed by atoms with Crippen molar-refractivity contribution >= 4 is 23.7 Å². The molecule has 254 valence electrons. The van der Waals surface area contributed by atoms with Crippen molar-refractivity contribution in [3.63, 3.8) is 0 Å². The molecule has 13 nitrogen and oxygen atoms in total. The lowest BCUT2D eigenvalue weighted by Gasteiger charge is -2.53. The van der Waals surface area contributed by atoms with E-state index in [9.17, 15) is 27.9 Å². The molecule has 2 N–H and O–H groups in total. The van der Waals surface area contributed by atoms with Gasteiger partial charge in [0.1, 0.15) is 29.0 Å². The molecule has 3 fully saturated rings. The number of pyridine rings is 2. The van der Waals surface area contributed by atoms with Crippen molar-refractivity contribution < 1.29 is 56.7 Å². The lowest BCUT2D eigenvalue weighted by Crippen LogP contribution is -2.68. The predicted molar refractivity (Wildman–Crippen MR) is 158 cm³/mol. The van der Waals surface area contributed by atoms with Crippen molar-refractivity contribution in [2.45, 2.75) is 69.7 Å². The third kappa shape index (κ3) is 8.80. The lowest BCUT2D eigenvalue weighted by molar-refractivity contribution is -0.228. The molecule has 5 heterocycles. The van der Waals surface area contributed by atoms with Crippen molar-refractivity contribution in [2.75, 3.05) is 37.8 Å². The number of likely N-dealkylation sites (tertiary alicyclic amines) is 1. The molecule has 3 aliphatic rings. The van der Waals surface area contributed by atoms with Crippen molar-refractivity contribution in [1.82, 2.24) is 14.9 Å². The number of aliphatic carboxylic acids is 2. The number of carboxylic acids is 2. The number of alkyl halides is 3. The van der Waals surface area contributed by atoms with Crippen LogP contribution < -0.4 is 9.64 Å². The molecule has 1 amide bonds. The summed E-state index contributed by atoms with van der Waals surface area (Å²) in [5.74, 6) is 2.74. The van der Waals surface area contributed by atoms with Gasteiger partial charge in [0.25, 0.3) is 0 Å². The Hall–Kier alpha value is -4.62. The van der Waals surface area contributed by atoms with E-state index in [0.29, 0.717) is 37.8 Å². The van der Waals surface area contributed by atoms with Crippen LogP contribution in [0, 0.1) is 11.8 Å². The zero-order valence-electron chi connectivity index (χ0n) is 26.1. The molecule has 0 radical (unpaired) electrons. The Labute approximate surface area is 268 Å². The fraction of sp³-hybridized carbons (Fsp3) is 0.516. The van der Waals surface area contributed by atoms with Crippen LogP contribution in [0.5, 0.6) is 5.88 Å². The van der Waals surface area contributed by atoms with Gasteiger partial charge in [0.15, 0.2) is 0 Å². The Kier molecular flexibility index (Phi) is 10.5. The van der Waals surface area contributed by atoms with Gasteiger partial charge in [-0.2, -0.15) is 13.2 Å². The van der Waals surface area contributed by atoms with Crippen LogP contribution in [0.2, 0.25) is 0 Å². The number of hydrogen-bond acceptors (Lipinski definition) is 10. The number of nitrogens with zero attached hydrogens (tertiary/aromatic N) is 4. The SMILES string of the molecule is C[C@@H]1N(c2cc(C#Cc3cccnc3)cnc2O[C@H]2C[C@@H](C(=O)O)N(C(=O)OC(C)(C)C)C2)CCOC12COC2.O=C(O)C(F)(F)F. The Morgan fingerprint density at radius 3 is 2.34 bits per heavy atom. The first-order valence-electron chi connectivity index (χ1n) is 14.6. The molecule has 2 aromatic rings. The monoisotopic (exact) mass is 664 g/mol. The molecule has 47 heavy (non-hydrogen) atoms. The van der Waals surface area contributed by atoms with Gasteiger partial charge in [0, 0.05) is 42.7 Å². The summed E-state index contributed by atoms with van der Waals surface area (Å²) in [6.07, 6.45) is -1.24. The molecule has 3 saturated heterocycles. The number of hydrogen-bond donors (Lipinski definition) is 2. The highest BCUT2D eigenvalue weighted by Crippen LogP contribution is 2.39. The predicted octanol–water partition coefficient (Wildman–Crippen LogP) is 3.35. The van der Waals surface area contributed by atoms with E-state index in [1.165, 1.54) is 4.90 Å². The molecule has 5 rings (SSSR count). The molecule has 0 aromatic carbocycles.